The molecule has 0 amide bonds. The number of benzene rings is 1. The van der Waals surface area contributed by atoms with E-state index in [1.54, 1.807) is 0 Å². The predicted octanol–water partition coefficient (Wildman–Crippen LogP) is 3.53. The third-order valence-electron chi connectivity index (χ3n) is 4.55. The first-order valence-corrected chi connectivity index (χ1v) is 7.72. The predicted molar refractivity (Wildman–Crippen MR) is 78.9 cm³/mol. The van der Waals surface area contributed by atoms with E-state index in [9.17, 15) is 5.11 Å². The van der Waals surface area contributed by atoms with Gasteiger partial charge in [-0.1, -0.05) is 29.3 Å². The fraction of sp³-hybridized carbons (Fsp3) is 0.600. The van der Waals surface area contributed by atoms with Crippen molar-refractivity contribution in [1.29, 1.82) is 0 Å². The average molecular weight is 300 g/mol. The molecule has 0 radical (unpaired) electrons. The Balaban J connectivity index is 1.78. The fourth-order valence-electron chi connectivity index (χ4n) is 3.50. The molecule has 0 saturated carbocycles. The van der Waals surface area contributed by atoms with Crippen molar-refractivity contribution in [2.45, 2.75) is 43.7 Å². The molecule has 4 heteroatoms. The summed E-state index contributed by atoms with van der Waals surface area (Å²) in [7, 11) is 0. The topological polar surface area (TPSA) is 23.5 Å². The zero-order valence-electron chi connectivity index (χ0n) is 10.9. The smallest absolute Gasteiger partial charge is 0.0716 e. The first kappa shape index (κ1) is 13.7. The maximum absolute atomic E-state index is 10.9. The molecule has 0 aliphatic carbocycles. The van der Waals surface area contributed by atoms with Gasteiger partial charge in [0.1, 0.15) is 0 Å². The molecular weight excluding hydrogens is 281 g/mol. The Morgan fingerprint density at radius 2 is 2.00 bits per heavy atom. The van der Waals surface area contributed by atoms with Crippen LogP contribution in [-0.4, -0.2) is 34.7 Å². The highest BCUT2D eigenvalue weighted by molar-refractivity contribution is 6.36. The zero-order valence-corrected chi connectivity index (χ0v) is 12.4. The van der Waals surface area contributed by atoms with E-state index in [4.69, 9.17) is 23.2 Å². The third kappa shape index (κ3) is 2.78. The summed E-state index contributed by atoms with van der Waals surface area (Å²) in [5.74, 6) is 0. The Morgan fingerprint density at radius 3 is 2.74 bits per heavy atom. The second-order valence-corrected chi connectivity index (χ2v) is 6.70. The van der Waals surface area contributed by atoms with Crippen LogP contribution in [0, 0.1) is 0 Å². The van der Waals surface area contributed by atoms with Crippen molar-refractivity contribution in [2.75, 3.05) is 13.1 Å². The summed E-state index contributed by atoms with van der Waals surface area (Å²) < 4.78 is 0. The molecule has 2 saturated heterocycles. The van der Waals surface area contributed by atoms with Gasteiger partial charge in [0.25, 0.3) is 0 Å². The molecular formula is C15H19Cl2NO. The van der Waals surface area contributed by atoms with Crippen molar-refractivity contribution in [3.05, 3.63) is 33.8 Å². The zero-order chi connectivity index (χ0) is 13.5. The Labute approximate surface area is 124 Å². The van der Waals surface area contributed by atoms with Gasteiger partial charge in [-0.3, -0.25) is 0 Å². The highest BCUT2D eigenvalue weighted by Crippen LogP contribution is 2.37. The quantitative estimate of drug-likeness (QED) is 0.903. The standard InChI is InChI=1S/C15H19Cl2NO/c16-13-4-1-5-14(17)12(13)10-15(19)6-8-18-7-2-3-11(18)9-15/h1,4-5,11,19H,2-3,6-10H2. The van der Waals surface area contributed by atoms with Gasteiger partial charge in [0.2, 0.25) is 0 Å². The normalized spacial score (nSPS) is 31.4. The van der Waals surface area contributed by atoms with Gasteiger partial charge in [0.05, 0.1) is 5.60 Å². The van der Waals surface area contributed by atoms with E-state index in [2.05, 4.69) is 4.90 Å². The van der Waals surface area contributed by atoms with Gasteiger partial charge >= 0.3 is 0 Å². The number of piperidine rings is 1. The highest BCUT2D eigenvalue weighted by atomic mass is 35.5. The Morgan fingerprint density at radius 1 is 1.26 bits per heavy atom. The number of halogens is 2. The van der Waals surface area contributed by atoms with Crippen LogP contribution in [0.1, 0.15) is 31.2 Å². The van der Waals surface area contributed by atoms with Crippen molar-refractivity contribution in [2.24, 2.45) is 0 Å². The third-order valence-corrected chi connectivity index (χ3v) is 5.25. The molecule has 0 aromatic heterocycles. The van der Waals surface area contributed by atoms with Crippen LogP contribution in [0.25, 0.3) is 0 Å². The summed E-state index contributed by atoms with van der Waals surface area (Å²) in [6.45, 7) is 2.18. The molecule has 1 N–H and O–H groups in total. The Bertz CT molecular complexity index is 459. The molecule has 0 bridgehead atoms. The molecule has 2 fully saturated rings. The fourth-order valence-corrected chi connectivity index (χ4v) is 4.03. The van der Waals surface area contributed by atoms with Crippen LogP contribution in [0.5, 0.6) is 0 Å². The van der Waals surface area contributed by atoms with Gasteiger partial charge in [-0.25, -0.2) is 0 Å². The lowest BCUT2D eigenvalue weighted by Crippen LogP contribution is -2.48. The second kappa shape index (κ2) is 5.25. The van der Waals surface area contributed by atoms with Crippen LogP contribution >= 0.6 is 23.2 Å². The number of hydrogen-bond donors (Lipinski definition) is 1. The lowest BCUT2D eigenvalue weighted by molar-refractivity contribution is -0.0353. The monoisotopic (exact) mass is 299 g/mol. The van der Waals surface area contributed by atoms with Crippen LogP contribution in [0.2, 0.25) is 10.0 Å². The summed E-state index contributed by atoms with van der Waals surface area (Å²) in [6.07, 6.45) is 4.68. The number of aliphatic hydroxyl groups is 1. The van der Waals surface area contributed by atoms with Crippen molar-refractivity contribution in [3.8, 4) is 0 Å². The Hall–Kier alpha value is -0.280. The number of fused-ring (bicyclic) bond motifs is 1. The van der Waals surface area contributed by atoms with Crippen LogP contribution in [0.3, 0.4) is 0 Å². The molecule has 2 aliphatic rings. The lowest BCUT2D eigenvalue weighted by Gasteiger charge is -2.41. The number of hydrogen-bond acceptors (Lipinski definition) is 2. The maximum atomic E-state index is 10.9. The highest BCUT2D eigenvalue weighted by Gasteiger charge is 2.40. The summed E-state index contributed by atoms with van der Waals surface area (Å²) in [5.41, 5.74) is 0.236. The van der Waals surface area contributed by atoms with E-state index in [-0.39, 0.29) is 0 Å². The van der Waals surface area contributed by atoms with E-state index < -0.39 is 5.60 Å². The number of rotatable bonds is 2. The van der Waals surface area contributed by atoms with Crippen molar-refractivity contribution < 1.29 is 5.11 Å². The first-order valence-electron chi connectivity index (χ1n) is 6.97. The van der Waals surface area contributed by atoms with E-state index in [0.29, 0.717) is 22.5 Å². The van der Waals surface area contributed by atoms with Gasteiger partial charge in [0.15, 0.2) is 0 Å². The van der Waals surface area contributed by atoms with Crippen molar-refractivity contribution in [3.63, 3.8) is 0 Å². The number of nitrogens with zero attached hydrogens (tertiary/aromatic N) is 1. The minimum atomic E-state index is -0.653. The molecule has 2 unspecified atom stereocenters. The molecule has 1 aromatic carbocycles. The minimum absolute atomic E-state index is 0.542. The van der Waals surface area contributed by atoms with Crippen LogP contribution in [-0.2, 0) is 6.42 Å². The summed E-state index contributed by atoms with van der Waals surface area (Å²) in [4.78, 5) is 2.50. The molecule has 2 aliphatic heterocycles. The van der Waals surface area contributed by atoms with Crippen LogP contribution < -0.4 is 0 Å². The summed E-state index contributed by atoms with van der Waals surface area (Å²) >= 11 is 12.4. The van der Waals surface area contributed by atoms with E-state index in [0.717, 1.165) is 24.9 Å². The summed E-state index contributed by atoms with van der Waals surface area (Å²) in [6, 6.07) is 6.07. The van der Waals surface area contributed by atoms with Gasteiger partial charge in [0, 0.05) is 29.1 Å². The van der Waals surface area contributed by atoms with E-state index >= 15 is 0 Å². The van der Waals surface area contributed by atoms with Crippen LogP contribution in [0.15, 0.2) is 18.2 Å². The van der Waals surface area contributed by atoms with Gasteiger partial charge in [-0.2, -0.15) is 0 Å². The summed E-state index contributed by atoms with van der Waals surface area (Å²) in [5, 5.41) is 12.2. The first-order chi connectivity index (χ1) is 9.07. The average Bonchev–Trinajstić information content (AvgIpc) is 2.81. The van der Waals surface area contributed by atoms with Gasteiger partial charge in [-0.15, -0.1) is 0 Å². The molecule has 2 atom stereocenters. The van der Waals surface area contributed by atoms with E-state index in [1.807, 2.05) is 18.2 Å². The minimum Gasteiger partial charge on any atom is -0.389 e. The van der Waals surface area contributed by atoms with Crippen molar-refractivity contribution >= 4 is 23.2 Å². The molecule has 1 aromatic rings. The van der Waals surface area contributed by atoms with Gasteiger partial charge < -0.3 is 10.0 Å². The maximum Gasteiger partial charge on any atom is 0.0716 e. The molecule has 2 nitrogen and oxygen atoms in total. The van der Waals surface area contributed by atoms with Gasteiger partial charge in [-0.05, 0) is 49.9 Å². The molecule has 104 valence electrons. The molecule has 3 rings (SSSR count). The van der Waals surface area contributed by atoms with Crippen LogP contribution in [0.4, 0.5) is 0 Å². The Kier molecular flexibility index (Phi) is 3.78. The lowest BCUT2D eigenvalue weighted by atomic mass is 9.82. The molecule has 0 spiro atoms. The molecule has 19 heavy (non-hydrogen) atoms. The van der Waals surface area contributed by atoms with Crippen molar-refractivity contribution in [1.82, 2.24) is 4.90 Å². The molecule has 2 heterocycles. The largest absolute Gasteiger partial charge is 0.389 e. The SMILES string of the molecule is OC1(Cc2c(Cl)cccc2Cl)CCN2CCCC2C1. The second-order valence-electron chi connectivity index (χ2n) is 5.89. The van der Waals surface area contributed by atoms with E-state index in [1.165, 1.54) is 19.4 Å².